The third kappa shape index (κ3) is 7.87. The highest BCUT2D eigenvalue weighted by Gasteiger charge is 2.18. The number of halogens is 4. The first kappa shape index (κ1) is 25.8. The molecule has 1 aromatic heterocycles. The number of rotatable bonds is 11. The third-order valence-corrected chi connectivity index (χ3v) is 3.93. The molecule has 1 amide bonds. The Kier molecular flexibility index (Phi) is 10.7. The van der Waals surface area contributed by atoms with Crippen molar-refractivity contribution in [1.82, 2.24) is 25.5 Å². The normalized spacial score (nSPS) is 11.7. The Bertz CT molecular complexity index is 808. The predicted molar refractivity (Wildman–Crippen MR) is 100 cm³/mol. The summed E-state index contributed by atoms with van der Waals surface area (Å²) < 4.78 is 45.9. The summed E-state index contributed by atoms with van der Waals surface area (Å²) in [6.45, 7) is -0.675. The largest absolute Gasteiger partial charge is 0.633 e. The summed E-state index contributed by atoms with van der Waals surface area (Å²) in [6, 6.07) is 0.453. The Morgan fingerprint density at radius 3 is 2.57 bits per heavy atom. The number of nitrogens with one attached hydrogen (secondary N) is 1. The molecule has 0 aliphatic carbocycles. The van der Waals surface area contributed by atoms with Crippen molar-refractivity contribution < 1.29 is 32.7 Å². The maximum absolute atomic E-state index is 13.6. The lowest BCUT2D eigenvalue weighted by Crippen LogP contribution is -2.30. The van der Waals surface area contributed by atoms with Crippen LogP contribution in [0.5, 0.6) is 0 Å². The second-order valence-corrected chi connectivity index (χ2v) is 6.12. The summed E-state index contributed by atoms with van der Waals surface area (Å²) in [5, 5.41) is 30.4. The van der Waals surface area contributed by atoms with Crippen molar-refractivity contribution >= 4 is 25.6 Å². The summed E-state index contributed by atoms with van der Waals surface area (Å²) in [6.07, 6.45) is 1.54. The number of nitrogens with two attached hydrogens (primary N) is 1. The zero-order valence-corrected chi connectivity index (χ0v) is 16.5. The van der Waals surface area contributed by atoms with Gasteiger partial charge in [-0.1, -0.05) is 0 Å². The number of benzene rings is 1. The highest BCUT2D eigenvalue weighted by molar-refractivity contribution is 6.32. The first-order chi connectivity index (χ1) is 13.8. The predicted octanol–water partition coefficient (Wildman–Crippen LogP) is -0.0152. The van der Waals surface area contributed by atoms with E-state index in [2.05, 4.69) is 25.5 Å². The average Bonchev–Trinajstić information content (AvgIpc) is 3.08. The van der Waals surface area contributed by atoms with Crippen molar-refractivity contribution in [3.63, 3.8) is 0 Å². The van der Waals surface area contributed by atoms with Crippen molar-refractivity contribution in [3.05, 3.63) is 41.0 Å². The SMILES string of the molecule is Cl.NC(CCCCOB(O)O)c1nnnn1CC(=O)NCc1c(F)cc(F)cc1F. The van der Waals surface area contributed by atoms with Crippen LogP contribution in [0, 0.1) is 17.5 Å². The molecule has 30 heavy (non-hydrogen) atoms. The number of carbonyl (C=O) groups excluding carboxylic acids is 1. The lowest BCUT2D eigenvalue weighted by Gasteiger charge is -2.12. The van der Waals surface area contributed by atoms with Gasteiger partial charge in [-0.2, -0.15) is 0 Å². The van der Waals surface area contributed by atoms with E-state index in [1.807, 2.05) is 0 Å². The van der Waals surface area contributed by atoms with E-state index in [-0.39, 0.29) is 31.4 Å². The van der Waals surface area contributed by atoms with E-state index in [0.29, 0.717) is 31.4 Å². The van der Waals surface area contributed by atoms with Crippen LogP contribution in [0.3, 0.4) is 0 Å². The zero-order valence-electron chi connectivity index (χ0n) is 15.7. The van der Waals surface area contributed by atoms with E-state index < -0.39 is 48.8 Å². The highest BCUT2D eigenvalue weighted by atomic mass is 35.5. The Labute approximate surface area is 176 Å². The first-order valence-corrected chi connectivity index (χ1v) is 8.67. The van der Waals surface area contributed by atoms with E-state index in [4.69, 9.17) is 15.8 Å². The average molecular weight is 453 g/mol. The molecule has 1 heterocycles. The van der Waals surface area contributed by atoms with Gasteiger partial charge in [0.1, 0.15) is 24.0 Å². The van der Waals surface area contributed by atoms with Crippen molar-refractivity contribution in [2.45, 2.75) is 38.4 Å². The van der Waals surface area contributed by atoms with Crippen LogP contribution >= 0.6 is 12.4 Å². The summed E-state index contributed by atoms with van der Waals surface area (Å²) in [5.41, 5.74) is 5.54. The second-order valence-electron chi connectivity index (χ2n) is 6.12. The molecule has 2 rings (SSSR count). The Morgan fingerprint density at radius 2 is 1.93 bits per heavy atom. The lowest BCUT2D eigenvalue weighted by atomic mass is 10.1. The van der Waals surface area contributed by atoms with E-state index in [1.165, 1.54) is 0 Å². The summed E-state index contributed by atoms with van der Waals surface area (Å²) in [7, 11) is -1.83. The Morgan fingerprint density at radius 1 is 1.27 bits per heavy atom. The van der Waals surface area contributed by atoms with Gasteiger partial charge in [0.15, 0.2) is 5.82 Å². The molecule has 0 aliphatic heterocycles. The molecule has 0 saturated carbocycles. The molecule has 0 spiro atoms. The Balaban J connectivity index is 0.00000450. The molecule has 0 bridgehead atoms. The fourth-order valence-corrected chi connectivity index (χ4v) is 2.49. The molecule has 0 fully saturated rings. The van der Waals surface area contributed by atoms with Gasteiger partial charge in [-0.05, 0) is 29.7 Å². The van der Waals surface area contributed by atoms with Gasteiger partial charge in [-0.25, -0.2) is 17.9 Å². The standard InChI is InChI=1S/C15H20BF3N6O4.ClH/c17-9-5-11(18)10(12(19)6-9)7-21-14(26)8-25-15(22-23-24-25)13(20)3-1-2-4-29-16(27)28;/h5-6,13,27-28H,1-4,7-8,20H2,(H,21,26);1H. The maximum atomic E-state index is 13.6. The minimum absolute atomic E-state index is 0. The molecular weight excluding hydrogens is 431 g/mol. The number of hydrogen-bond donors (Lipinski definition) is 4. The third-order valence-electron chi connectivity index (χ3n) is 3.93. The van der Waals surface area contributed by atoms with Gasteiger partial charge < -0.3 is 25.8 Å². The summed E-state index contributed by atoms with van der Waals surface area (Å²) in [4.78, 5) is 12.1. The minimum atomic E-state index is -1.83. The molecule has 10 nitrogen and oxygen atoms in total. The number of tetrazole rings is 1. The lowest BCUT2D eigenvalue weighted by molar-refractivity contribution is -0.122. The van der Waals surface area contributed by atoms with Crippen LogP contribution in [0.4, 0.5) is 13.2 Å². The van der Waals surface area contributed by atoms with E-state index in [0.717, 1.165) is 4.68 Å². The van der Waals surface area contributed by atoms with Crippen molar-refractivity contribution in [2.24, 2.45) is 5.73 Å². The van der Waals surface area contributed by atoms with Gasteiger partial charge in [0, 0.05) is 30.8 Å². The molecule has 166 valence electrons. The fraction of sp³-hybridized carbons (Fsp3) is 0.467. The fourth-order valence-electron chi connectivity index (χ4n) is 2.49. The van der Waals surface area contributed by atoms with E-state index in [9.17, 15) is 18.0 Å². The van der Waals surface area contributed by atoms with E-state index in [1.54, 1.807) is 0 Å². The van der Waals surface area contributed by atoms with Crippen molar-refractivity contribution in [3.8, 4) is 0 Å². The molecule has 5 N–H and O–H groups in total. The zero-order chi connectivity index (χ0) is 21.4. The smallest absolute Gasteiger partial charge is 0.402 e. The second kappa shape index (κ2) is 12.4. The van der Waals surface area contributed by atoms with Crippen molar-refractivity contribution in [2.75, 3.05) is 6.61 Å². The molecule has 0 saturated heterocycles. The monoisotopic (exact) mass is 452 g/mol. The molecular formula is C15H21BClF3N6O4. The van der Waals surface area contributed by atoms with Crippen LogP contribution < -0.4 is 11.1 Å². The molecule has 1 unspecified atom stereocenters. The number of carbonyl (C=O) groups is 1. The van der Waals surface area contributed by atoms with Gasteiger partial charge in [0.25, 0.3) is 0 Å². The molecule has 15 heteroatoms. The van der Waals surface area contributed by atoms with Crippen molar-refractivity contribution in [1.29, 1.82) is 0 Å². The first-order valence-electron chi connectivity index (χ1n) is 8.67. The van der Waals surface area contributed by atoms with Crippen LogP contribution in [0.1, 0.15) is 36.7 Å². The van der Waals surface area contributed by atoms with E-state index >= 15 is 0 Å². The molecule has 1 aromatic carbocycles. The van der Waals surface area contributed by atoms with Crippen LogP contribution in [0.2, 0.25) is 0 Å². The van der Waals surface area contributed by atoms with Gasteiger partial charge in [-0.3, -0.25) is 4.79 Å². The number of unbranched alkanes of at least 4 members (excludes halogenated alkanes) is 1. The molecule has 0 aliphatic rings. The van der Waals surface area contributed by atoms with Gasteiger partial charge in [0.2, 0.25) is 5.91 Å². The molecule has 1 atom stereocenters. The highest BCUT2D eigenvalue weighted by Crippen LogP contribution is 2.15. The number of amides is 1. The number of hydrogen-bond acceptors (Lipinski definition) is 8. The quantitative estimate of drug-likeness (QED) is 0.275. The molecule has 2 aromatic rings. The van der Waals surface area contributed by atoms with Gasteiger partial charge >= 0.3 is 7.32 Å². The Hall–Kier alpha value is -2.26. The van der Waals surface area contributed by atoms with Gasteiger partial charge in [-0.15, -0.1) is 17.5 Å². The number of aromatic nitrogens is 4. The van der Waals surface area contributed by atoms with Crippen LogP contribution in [-0.2, 0) is 22.5 Å². The minimum Gasteiger partial charge on any atom is -0.402 e. The van der Waals surface area contributed by atoms with Crippen LogP contribution in [-0.4, -0.2) is 50.1 Å². The molecule has 0 radical (unpaired) electrons. The van der Waals surface area contributed by atoms with Crippen LogP contribution in [0.25, 0.3) is 0 Å². The van der Waals surface area contributed by atoms with Gasteiger partial charge in [0.05, 0.1) is 6.04 Å². The topological polar surface area (TPSA) is 148 Å². The maximum Gasteiger partial charge on any atom is 0.633 e. The number of nitrogens with zero attached hydrogens (tertiary/aromatic N) is 4. The van der Waals surface area contributed by atoms with Crippen LogP contribution in [0.15, 0.2) is 12.1 Å². The summed E-state index contributed by atoms with van der Waals surface area (Å²) >= 11 is 0. The summed E-state index contributed by atoms with van der Waals surface area (Å²) in [5.74, 6) is -3.65.